The Kier molecular flexibility index (Phi) is 3.20. The van der Waals surface area contributed by atoms with Gasteiger partial charge in [0.05, 0.1) is 0 Å². The largest absolute Gasteiger partial charge is 0.317 e. The Morgan fingerprint density at radius 2 is 2.00 bits per heavy atom. The first-order valence-electron chi connectivity index (χ1n) is 4.50. The molecule has 0 aliphatic heterocycles. The molecule has 1 N–H and O–H groups in total. The lowest BCUT2D eigenvalue weighted by Gasteiger charge is -2.14. The van der Waals surface area contributed by atoms with Crippen LogP contribution in [0.5, 0.6) is 0 Å². The van der Waals surface area contributed by atoms with Crippen LogP contribution in [0.3, 0.4) is 0 Å². The van der Waals surface area contributed by atoms with Crippen LogP contribution in [0.25, 0.3) is 0 Å². The van der Waals surface area contributed by atoms with Crippen molar-refractivity contribution in [2.24, 2.45) is 5.92 Å². The van der Waals surface area contributed by atoms with Crippen LogP contribution in [-0.2, 0) is 0 Å². The molecule has 0 spiro atoms. The zero-order valence-corrected chi connectivity index (χ0v) is 7.19. The molecule has 0 heterocycles. The van der Waals surface area contributed by atoms with Crippen LogP contribution in [0, 0.1) is 5.92 Å². The maximum atomic E-state index is 3.29. The lowest BCUT2D eigenvalue weighted by atomic mass is 10.00. The first-order chi connectivity index (χ1) is 4.83. The first kappa shape index (κ1) is 8.06. The monoisotopic (exact) mass is 141 g/mol. The van der Waals surface area contributed by atoms with Crippen molar-refractivity contribution in [3.05, 3.63) is 0 Å². The predicted octanol–water partition coefficient (Wildman–Crippen LogP) is 2.17. The molecule has 0 aromatic carbocycles. The summed E-state index contributed by atoms with van der Waals surface area (Å²) in [5.41, 5.74) is 0. The summed E-state index contributed by atoms with van der Waals surface area (Å²) in [5, 5.41) is 3.29. The third-order valence-electron chi connectivity index (χ3n) is 2.65. The SMILES string of the molecule is CN[C@@H](C)CC1CCCC1. The molecule has 0 radical (unpaired) electrons. The highest BCUT2D eigenvalue weighted by Crippen LogP contribution is 2.28. The van der Waals surface area contributed by atoms with Gasteiger partial charge in [-0.3, -0.25) is 0 Å². The zero-order valence-electron chi connectivity index (χ0n) is 7.19. The van der Waals surface area contributed by atoms with Crippen molar-refractivity contribution < 1.29 is 0 Å². The molecule has 0 bridgehead atoms. The van der Waals surface area contributed by atoms with E-state index in [1.165, 1.54) is 32.1 Å². The van der Waals surface area contributed by atoms with Gasteiger partial charge in [-0.15, -0.1) is 0 Å². The highest BCUT2D eigenvalue weighted by Gasteiger charge is 2.16. The van der Waals surface area contributed by atoms with Crippen LogP contribution in [0.15, 0.2) is 0 Å². The van der Waals surface area contributed by atoms with Crippen molar-refractivity contribution >= 4 is 0 Å². The van der Waals surface area contributed by atoms with Crippen molar-refractivity contribution in [3.8, 4) is 0 Å². The Morgan fingerprint density at radius 1 is 1.40 bits per heavy atom. The normalized spacial score (nSPS) is 23.4. The third-order valence-corrected chi connectivity index (χ3v) is 2.65. The average Bonchev–Trinajstić information content (AvgIpc) is 2.40. The quantitative estimate of drug-likeness (QED) is 0.635. The van der Waals surface area contributed by atoms with E-state index in [2.05, 4.69) is 19.3 Å². The Bertz CT molecular complexity index is 84.7. The molecule has 60 valence electrons. The lowest BCUT2D eigenvalue weighted by Crippen LogP contribution is -2.23. The molecule has 1 nitrogen and oxygen atoms in total. The van der Waals surface area contributed by atoms with Gasteiger partial charge in [0.2, 0.25) is 0 Å². The van der Waals surface area contributed by atoms with E-state index in [0.29, 0.717) is 0 Å². The minimum absolute atomic E-state index is 0.725. The average molecular weight is 141 g/mol. The molecule has 0 aromatic rings. The van der Waals surface area contributed by atoms with E-state index >= 15 is 0 Å². The Hall–Kier alpha value is -0.0400. The minimum atomic E-state index is 0.725. The van der Waals surface area contributed by atoms with E-state index in [9.17, 15) is 0 Å². The maximum Gasteiger partial charge on any atom is 0.00383 e. The molecule has 1 aliphatic rings. The second kappa shape index (κ2) is 3.97. The van der Waals surface area contributed by atoms with Crippen LogP contribution < -0.4 is 5.32 Å². The van der Waals surface area contributed by atoms with Crippen LogP contribution in [-0.4, -0.2) is 13.1 Å². The van der Waals surface area contributed by atoms with E-state index in [0.717, 1.165) is 12.0 Å². The predicted molar refractivity (Wildman–Crippen MR) is 45.1 cm³/mol. The Balaban J connectivity index is 2.11. The fourth-order valence-electron chi connectivity index (χ4n) is 1.86. The summed E-state index contributed by atoms with van der Waals surface area (Å²) in [6, 6.07) is 0.725. The second-order valence-corrected chi connectivity index (χ2v) is 3.58. The zero-order chi connectivity index (χ0) is 7.40. The molecule has 0 saturated heterocycles. The highest BCUT2D eigenvalue weighted by atomic mass is 14.8. The lowest BCUT2D eigenvalue weighted by molar-refractivity contribution is 0.424. The van der Waals surface area contributed by atoms with Crippen LogP contribution >= 0.6 is 0 Å². The van der Waals surface area contributed by atoms with Crippen molar-refractivity contribution in [2.75, 3.05) is 7.05 Å². The summed E-state index contributed by atoms with van der Waals surface area (Å²) in [6.07, 6.45) is 7.29. The molecular weight excluding hydrogens is 122 g/mol. The van der Waals surface area contributed by atoms with E-state index < -0.39 is 0 Å². The Labute approximate surface area is 64.2 Å². The summed E-state index contributed by atoms with van der Waals surface area (Å²) >= 11 is 0. The summed E-state index contributed by atoms with van der Waals surface area (Å²) in [6.45, 7) is 2.28. The van der Waals surface area contributed by atoms with E-state index in [4.69, 9.17) is 0 Å². The van der Waals surface area contributed by atoms with Crippen molar-refractivity contribution in [1.29, 1.82) is 0 Å². The fourth-order valence-corrected chi connectivity index (χ4v) is 1.86. The minimum Gasteiger partial charge on any atom is -0.317 e. The molecule has 10 heavy (non-hydrogen) atoms. The molecule has 0 aromatic heterocycles. The molecule has 0 unspecified atom stereocenters. The second-order valence-electron chi connectivity index (χ2n) is 3.58. The molecule has 0 amide bonds. The van der Waals surface area contributed by atoms with Gasteiger partial charge in [-0.1, -0.05) is 25.7 Å². The van der Waals surface area contributed by atoms with E-state index in [1.807, 2.05) is 0 Å². The van der Waals surface area contributed by atoms with Crippen LogP contribution in [0.1, 0.15) is 39.0 Å². The molecule has 1 fully saturated rings. The van der Waals surface area contributed by atoms with Gasteiger partial charge >= 0.3 is 0 Å². The molecular formula is C9H19N. The molecule has 1 heteroatoms. The standard InChI is InChI=1S/C9H19N/c1-8(10-2)7-9-5-3-4-6-9/h8-10H,3-7H2,1-2H3/t8-/m0/s1. The van der Waals surface area contributed by atoms with Gasteiger partial charge < -0.3 is 5.32 Å². The van der Waals surface area contributed by atoms with Crippen molar-refractivity contribution in [3.63, 3.8) is 0 Å². The van der Waals surface area contributed by atoms with Gasteiger partial charge in [-0.2, -0.15) is 0 Å². The summed E-state index contributed by atoms with van der Waals surface area (Å²) < 4.78 is 0. The first-order valence-corrected chi connectivity index (χ1v) is 4.50. The topological polar surface area (TPSA) is 12.0 Å². The van der Waals surface area contributed by atoms with E-state index in [-0.39, 0.29) is 0 Å². The Morgan fingerprint density at radius 3 is 2.50 bits per heavy atom. The van der Waals surface area contributed by atoms with Crippen molar-refractivity contribution in [1.82, 2.24) is 5.32 Å². The van der Waals surface area contributed by atoms with Gasteiger partial charge in [0, 0.05) is 6.04 Å². The molecule has 1 atom stereocenters. The van der Waals surface area contributed by atoms with Gasteiger partial charge in [0.15, 0.2) is 0 Å². The number of nitrogens with one attached hydrogen (secondary N) is 1. The van der Waals surface area contributed by atoms with Gasteiger partial charge in [0.1, 0.15) is 0 Å². The third kappa shape index (κ3) is 2.30. The molecule has 1 saturated carbocycles. The van der Waals surface area contributed by atoms with Crippen molar-refractivity contribution in [2.45, 2.75) is 45.1 Å². The summed E-state index contributed by atoms with van der Waals surface area (Å²) in [5.74, 6) is 1.03. The summed E-state index contributed by atoms with van der Waals surface area (Å²) in [7, 11) is 2.06. The van der Waals surface area contributed by atoms with Crippen LogP contribution in [0.2, 0.25) is 0 Å². The number of hydrogen-bond acceptors (Lipinski definition) is 1. The van der Waals surface area contributed by atoms with Crippen LogP contribution in [0.4, 0.5) is 0 Å². The summed E-state index contributed by atoms with van der Waals surface area (Å²) in [4.78, 5) is 0. The van der Waals surface area contributed by atoms with Gasteiger partial charge in [-0.25, -0.2) is 0 Å². The van der Waals surface area contributed by atoms with Gasteiger partial charge in [-0.05, 0) is 26.3 Å². The van der Waals surface area contributed by atoms with Gasteiger partial charge in [0.25, 0.3) is 0 Å². The fraction of sp³-hybridized carbons (Fsp3) is 1.00. The number of hydrogen-bond donors (Lipinski definition) is 1. The molecule has 1 aliphatic carbocycles. The number of rotatable bonds is 3. The molecule has 1 rings (SSSR count). The maximum absolute atomic E-state index is 3.29. The highest BCUT2D eigenvalue weighted by molar-refractivity contribution is 4.71. The smallest absolute Gasteiger partial charge is 0.00383 e. The van der Waals surface area contributed by atoms with E-state index in [1.54, 1.807) is 0 Å².